The lowest BCUT2D eigenvalue weighted by atomic mass is 9.61. The van der Waals surface area contributed by atoms with Gasteiger partial charge in [0.05, 0.1) is 19.2 Å². The topological polar surface area (TPSA) is 106 Å². The maximum Gasteiger partial charge on any atom is 0.311 e. The second-order valence-corrected chi connectivity index (χ2v) is 7.76. The molecular weight excluding hydrogens is 375 g/mol. The lowest BCUT2D eigenvalue weighted by molar-refractivity contribution is -0.152. The number of hydrogen-bond donors (Lipinski definition) is 2. The van der Waals surface area contributed by atoms with Crippen molar-refractivity contribution < 1.29 is 13.9 Å². The number of carbonyl (C=O) groups excluding carboxylic acids is 1. The highest BCUT2D eigenvalue weighted by molar-refractivity contribution is 5.88. The summed E-state index contributed by atoms with van der Waals surface area (Å²) >= 11 is 0. The number of fused-ring (bicyclic) bond motifs is 4. The third-order valence-corrected chi connectivity index (χ3v) is 6.29. The molecule has 29 heavy (non-hydrogen) atoms. The summed E-state index contributed by atoms with van der Waals surface area (Å²) < 4.78 is 19.6. The Morgan fingerprint density at radius 2 is 2.03 bits per heavy atom. The zero-order valence-corrected chi connectivity index (χ0v) is 15.9. The molecule has 6 rings (SSSR count). The van der Waals surface area contributed by atoms with Crippen LogP contribution in [0, 0.1) is 23.6 Å². The van der Waals surface area contributed by atoms with E-state index in [0.29, 0.717) is 23.1 Å². The number of methoxy groups -OCH3 is 1. The smallest absolute Gasteiger partial charge is 0.311 e. The number of esters is 1. The van der Waals surface area contributed by atoms with E-state index in [0.717, 1.165) is 37.3 Å². The molecule has 0 saturated heterocycles. The highest BCUT2D eigenvalue weighted by Crippen LogP contribution is 2.46. The minimum absolute atomic E-state index is 0.0908. The largest absolute Gasteiger partial charge is 0.469 e. The number of aromatic amines is 1. The average Bonchev–Trinajstić information content (AvgIpc) is 3.20. The van der Waals surface area contributed by atoms with Crippen LogP contribution in [0.2, 0.25) is 0 Å². The van der Waals surface area contributed by atoms with Crippen molar-refractivity contribution in [3.63, 3.8) is 0 Å². The van der Waals surface area contributed by atoms with E-state index in [1.165, 1.54) is 7.11 Å². The van der Waals surface area contributed by atoms with Crippen LogP contribution in [0.3, 0.4) is 0 Å². The lowest BCUT2D eigenvalue weighted by Gasteiger charge is -2.47. The lowest BCUT2D eigenvalue weighted by Crippen LogP contribution is -2.52. The van der Waals surface area contributed by atoms with Gasteiger partial charge in [-0.2, -0.15) is 5.10 Å². The predicted octanol–water partition coefficient (Wildman–Crippen LogP) is 2.94. The van der Waals surface area contributed by atoms with Crippen molar-refractivity contribution in [2.45, 2.75) is 31.7 Å². The van der Waals surface area contributed by atoms with Crippen molar-refractivity contribution in [1.29, 1.82) is 0 Å². The van der Waals surface area contributed by atoms with Crippen LogP contribution in [0.25, 0.3) is 22.6 Å². The van der Waals surface area contributed by atoms with Crippen molar-refractivity contribution >= 4 is 22.8 Å². The van der Waals surface area contributed by atoms with E-state index >= 15 is 0 Å². The van der Waals surface area contributed by atoms with Crippen molar-refractivity contribution in [2.24, 2.45) is 17.8 Å². The van der Waals surface area contributed by atoms with Crippen molar-refractivity contribution in [3.05, 3.63) is 30.3 Å². The zero-order valence-electron chi connectivity index (χ0n) is 15.9. The van der Waals surface area contributed by atoms with Gasteiger partial charge in [0.2, 0.25) is 0 Å². The molecule has 3 aromatic heterocycles. The third-order valence-electron chi connectivity index (χ3n) is 6.29. The number of nitrogens with zero attached hydrogens (tertiary/aromatic N) is 4. The van der Waals surface area contributed by atoms with Crippen molar-refractivity contribution in [3.8, 4) is 11.5 Å². The van der Waals surface area contributed by atoms with Gasteiger partial charge in [-0.05, 0) is 49.7 Å². The summed E-state index contributed by atoms with van der Waals surface area (Å²) in [5.74, 6) is -0.121. The molecule has 0 aromatic carbocycles. The standard InChI is InChI=1S/C20H21FN6O2/c1-29-20(28)14-10-4-6-11(7-5-10)15(14)24-18-13(21)9-23-19(25-18)16-12-3-2-8-22-17(12)27-26-16/h2-3,8-11,14-15H,4-7H2,1H3,(H,22,26,27)(H,23,24,25). The van der Waals surface area contributed by atoms with Crippen LogP contribution in [0.5, 0.6) is 0 Å². The molecule has 9 heteroatoms. The molecule has 8 nitrogen and oxygen atoms in total. The number of anilines is 1. The molecule has 0 spiro atoms. The van der Waals surface area contributed by atoms with Crippen LogP contribution in [-0.4, -0.2) is 44.3 Å². The Kier molecular flexibility index (Phi) is 4.37. The van der Waals surface area contributed by atoms with Crippen LogP contribution < -0.4 is 5.32 Å². The molecule has 2 atom stereocenters. The van der Waals surface area contributed by atoms with Gasteiger partial charge in [-0.1, -0.05) is 0 Å². The molecule has 150 valence electrons. The van der Waals surface area contributed by atoms with E-state index in [1.807, 2.05) is 6.07 Å². The van der Waals surface area contributed by atoms with E-state index < -0.39 is 5.82 Å². The number of halogens is 1. The van der Waals surface area contributed by atoms with E-state index in [4.69, 9.17) is 4.74 Å². The van der Waals surface area contributed by atoms with E-state index in [2.05, 4.69) is 30.5 Å². The number of nitrogens with one attached hydrogen (secondary N) is 2. The van der Waals surface area contributed by atoms with Crippen LogP contribution in [0.15, 0.2) is 24.5 Å². The van der Waals surface area contributed by atoms with Crippen LogP contribution in [0.4, 0.5) is 10.2 Å². The quantitative estimate of drug-likeness (QED) is 0.653. The number of hydrogen-bond acceptors (Lipinski definition) is 7. The molecule has 0 amide bonds. The normalized spacial score (nSPS) is 25.9. The highest BCUT2D eigenvalue weighted by atomic mass is 19.1. The average molecular weight is 396 g/mol. The Hall–Kier alpha value is -3.10. The second-order valence-electron chi connectivity index (χ2n) is 7.76. The zero-order chi connectivity index (χ0) is 20.0. The summed E-state index contributed by atoms with van der Waals surface area (Å²) in [4.78, 5) is 25.2. The first-order valence-corrected chi connectivity index (χ1v) is 9.82. The van der Waals surface area contributed by atoms with Gasteiger partial charge in [0.25, 0.3) is 0 Å². The summed E-state index contributed by atoms with van der Waals surface area (Å²) in [5, 5.41) is 11.0. The van der Waals surface area contributed by atoms with Gasteiger partial charge in [0.15, 0.2) is 23.1 Å². The van der Waals surface area contributed by atoms with Gasteiger partial charge in [0.1, 0.15) is 5.69 Å². The first kappa shape index (κ1) is 18.0. The van der Waals surface area contributed by atoms with Crippen LogP contribution >= 0.6 is 0 Å². The fraction of sp³-hybridized carbons (Fsp3) is 0.450. The first-order chi connectivity index (χ1) is 14.2. The molecular formula is C20H21FN6O2. The summed E-state index contributed by atoms with van der Waals surface area (Å²) in [5.41, 5.74) is 1.12. The molecule has 0 aliphatic heterocycles. The van der Waals surface area contributed by atoms with Gasteiger partial charge in [-0.25, -0.2) is 19.3 Å². The molecule has 3 heterocycles. The Balaban J connectivity index is 1.50. The molecule has 3 aliphatic carbocycles. The Morgan fingerprint density at radius 1 is 1.24 bits per heavy atom. The summed E-state index contributed by atoms with van der Waals surface area (Å²) in [7, 11) is 1.41. The molecule has 3 saturated carbocycles. The summed E-state index contributed by atoms with van der Waals surface area (Å²) in [6.07, 6.45) is 6.84. The molecule has 0 radical (unpaired) electrons. The van der Waals surface area contributed by atoms with Gasteiger partial charge >= 0.3 is 5.97 Å². The molecule has 2 bridgehead atoms. The number of H-pyrrole nitrogens is 1. The summed E-state index contributed by atoms with van der Waals surface area (Å²) in [6, 6.07) is 3.45. The van der Waals surface area contributed by atoms with E-state index in [1.54, 1.807) is 12.3 Å². The fourth-order valence-electron chi connectivity index (χ4n) is 4.90. The van der Waals surface area contributed by atoms with Gasteiger partial charge in [-0.15, -0.1) is 0 Å². The number of ether oxygens (including phenoxy) is 1. The van der Waals surface area contributed by atoms with E-state index in [9.17, 15) is 9.18 Å². The molecule has 3 aliphatic rings. The number of carbonyl (C=O) groups is 1. The van der Waals surface area contributed by atoms with Crippen LogP contribution in [0.1, 0.15) is 25.7 Å². The number of rotatable bonds is 4. The molecule has 3 fully saturated rings. The van der Waals surface area contributed by atoms with E-state index in [-0.39, 0.29) is 29.7 Å². The number of pyridine rings is 1. The van der Waals surface area contributed by atoms with Crippen LogP contribution in [-0.2, 0) is 9.53 Å². The maximum atomic E-state index is 14.6. The minimum Gasteiger partial charge on any atom is -0.469 e. The SMILES string of the molecule is COC(=O)C1C2CCC(CC2)C1Nc1nc(-c2[nH]nc3ncccc23)ncc1F. The predicted molar refractivity (Wildman–Crippen MR) is 103 cm³/mol. The van der Waals surface area contributed by atoms with Gasteiger partial charge in [-0.3, -0.25) is 9.89 Å². The number of aromatic nitrogens is 5. The fourth-order valence-corrected chi connectivity index (χ4v) is 4.90. The summed E-state index contributed by atoms with van der Waals surface area (Å²) in [6.45, 7) is 0. The minimum atomic E-state index is -0.555. The second kappa shape index (κ2) is 7.06. The van der Waals surface area contributed by atoms with Gasteiger partial charge in [0, 0.05) is 17.6 Å². The maximum absolute atomic E-state index is 14.6. The van der Waals surface area contributed by atoms with Crippen molar-refractivity contribution in [1.82, 2.24) is 25.1 Å². The molecule has 3 aromatic rings. The first-order valence-electron chi connectivity index (χ1n) is 9.82. The highest BCUT2D eigenvalue weighted by Gasteiger charge is 2.48. The Labute approximate surface area is 166 Å². The third kappa shape index (κ3) is 3.01. The Bertz CT molecular complexity index is 1060. The monoisotopic (exact) mass is 396 g/mol. The Morgan fingerprint density at radius 3 is 2.83 bits per heavy atom. The van der Waals surface area contributed by atoms with Gasteiger partial charge < -0.3 is 10.1 Å². The molecule has 2 unspecified atom stereocenters. The van der Waals surface area contributed by atoms with Crippen molar-refractivity contribution in [2.75, 3.05) is 12.4 Å². The molecule has 2 N–H and O–H groups in total.